The van der Waals surface area contributed by atoms with Gasteiger partial charge >= 0.3 is 5.25 Å². The molecule has 1 aromatic rings. The first-order valence-electron chi connectivity index (χ1n) is 4.09. The van der Waals surface area contributed by atoms with Crippen LogP contribution < -0.4 is 0 Å². The lowest BCUT2D eigenvalue weighted by atomic mass is 10.3. The maximum atomic E-state index is 13.4. The number of hydrogen-bond acceptors (Lipinski definition) is 3. The normalized spacial score (nSPS) is 11.4. The number of hydrogen-bond donors (Lipinski definition) is 0. The zero-order valence-corrected chi connectivity index (χ0v) is 12.8. The highest BCUT2D eigenvalue weighted by molar-refractivity contribution is 9.24. The first-order valence-corrected chi connectivity index (χ1v) is 7.15. The molecule has 0 bridgehead atoms. The lowest BCUT2D eigenvalue weighted by Gasteiger charge is -2.17. The number of halogens is 5. The number of rotatable bonds is 4. The molecule has 0 atom stereocenters. The number of thiocarbonyl (C=S) groups is 1. The monoisotopic (exact) mass is 405 g/mol. The van der Waals surface area contributed by atoms with Gasteiger partial charge in [0.15, 0.2) is 0 Å². The fourth-order valence-electron chi connectivity index (χ4n) is 0.902. The molecule has 0 saturated heterocycles. The minimum Gasteiger partial charge on any atom is -0.207 e. The molecule has 1 nitrogen and oxygen atoms in total. The number of thioether (sulfide) groups is 1. The van der Waals surface area contributed by atoms with Crippen LogP contribution >= 0.6 is 55.8 Å². The van der Waals surface area contributed by atoms with E-state index in [1.165, 1.54) is 6.07 Å². The van der Waals surface area contributed by atoms with E-state index < -0.39 is 14.8 Å². The second-order valence-electron chi connectivity index (χ2n) is 2.78. The number of nitrogens with zero attached hydrogens (tertiary/aromatic N) is 1. The predicted molar refractivity (Wildman–Crippen MR) is 73.5 cm³/mol. The minimum absolute atomic E-state index is 0.00347. The third kappa shape index (κ3) is 4.37. The SMILES string of the molecule is Fc1ccc(N=C=S)c(SC(F)(F)C(Br)Br)c1. The Kier molecular flexibility index (Phi) is 5.66. The molecule has 0 N–H and O–H groups in total. The molecular formula is C9H4Br2F3NS2. The molecule has 1 aromatic carbocycles. The van der Waals surface area contributed by atoms with E-state index in [0.717, 1.165) is 12.1 Å². The van der Waals surface area contributed by atoms with Crippen molar-refractivity contribution in [2.24, 2.45) is 4.99 Å². The van der Waals surface area contributed by atoms with Crippen LogP contribution in [0.15, 0.2) is 28.1 Å². The number of benzene rings is 1. The van der Waals surface area contributed by atoms with Crippen LogP contribution in [0, 0.1) is 5.82 Å². The smallest absolute Gasteiger partial charge is 0.207 e. The number of isothiocyanates is 1. The molecule has 17 heavy (non-hydrogen) atoms. The van der Waals surface area contributed by atoms with Crippen LogP contribution in [0.5, 0.6) is 0 Å². The summed E-state index contributed by atoms with van der Waals surface area (Å²) in [6, 6.07) is 3.37. The van der Waals surface area contributed by atoms with E-state index >= 15 is 0 Å². The average molecular weight is 407 g/mol. The van der Waals surface area contributed by atoms with Gasteiger partial charge in [-0.3, -0.25) is 0 Å². The first-order chi connectivity index (χ1) is 7.86. The molecule has 0 aromatic heterocycles. The van der Waals surface area contributed by atoms with Gasteiger partial charge in [-0.1, -0.05) is 31.9 Å². The summed E-state index contributed by atoms with van der Waals surface area (Å²) in [6.07, 6.45) is 0. The van der Waals surface area contributed by atoms with Crippen LogP contribution in [-0.2, 0) is 0 Å². The van der Waals surface area contributed by atoms with Crippen molar-refractivity contribution in [1.82, 2.24) is 0 Å². The van der Waals surface area contributed by atoms with Crippen LogP contribution in [0.2, 0.25) is 0 Å². The summed E-state index contributed by atoms with van der Waals surface area (Å²) in [6.45, 7) is 0. The molecule has 0 unspecified atom stereocenters. The molecule has 0 aliphatic carbocycles. The molecule has 1 rings (SSSR count). The van der Waals surface area contributed by atoms with Crippen LogP contribution in [0.4, 0.5) is 18.9 Å². The van der Waals surface area contributed by atoms with E-state index in [0.29, 0.717) is 0 Å². The highest BCUT2D eigenvalue weighted by atomic mass is 79.9. The lowest BCUT2D eigenvalue weighted by molar-refractivity contribution is 0.129. The van der Waals surface area contributed by atoms with Gasteiger partial charge in [0, 0.05) is 4.90 Å². The quantitative estimate of drug-likeness (QED) is 0.289. The van der Waals surface area contributed by atoms with Crippen molar-refractivity contribution in [1.29, 1.82) is 0 Å². The standard InChI is InChI=1S/C9H4Br2F3NS2/c10-8(11)9(13,14)17-7-3-5(12)1-2-6(7)15-4-16/h1-3,8H. The van der Waals surface area contributed by atoms with E-state index in [-0.39, 0.29) is 22.3 Å². The Morgan fingerprint density at radius 1 is 1.41 bits per heavy atom. The Balaban J connectivity index is 3.12. The van der Waals surface area contributed by atoms with Crippen LogP contribution in [0.25, 0.3) is 0 Å². The molecule has 0 aliphatic heterocycles. The summed E-state index contributed by atoms with van der Waals surface area (Å²) < 4.78 is 38.6. The summed E-state index contributed by atoms with van der Waals surface area (Å²) >= 11 is 10.0. The molecule has 0 aliphatic rings. The fourth-order valence-corrected chi connectivity index (χ4v) is 2.33. The van der Waals surface area contributed by atoms with Crippen molar-refractivity contribution in [3.8, 4) is 0 Å². The van der Waals surface area contributed by atoms with E-state index in [1.54, 1.807) is 0 Å². The summed E-state index contributed by atoms with van der Waals surface area (Å²) in [5.41, 5.74) is 0.159. The zero-order valence-electron chi connectivity index (χ0n) is 7.96. The summed E-state index contributed by atoms with van der Waals surface area (Å²) in [5, 5.41) is -1.09. The molecule has 0 radical (unpaired) electrons. The first kappa shape index (κ1) is 15.2. The highest BCUT2D eigenvalue weighted by Gasteiger charge is 2.38. The van der Waals surface area contributed by atoms with E-state index in [9.17, 15) is 13.2 Å². The molecule has 0 heterocycles. The van der Waals surface area contributed by atoms with Gasteiger partial charge in [0.1, 0.15) is 9.55 Å². The Labute approximate surface area is 122 Å². The van der Waals surface area contributed by atoms with Gasteiger partial charge in [-0.2, -0.15) is 13.8 Å². The zero-order chi connectivity index (χ0) is 13.1. The number of alkyl halides is 4. The van der Waals surface area contributed by atoms with Gasteiger partial charge in [0.2, 0.25) is 0 Å². The molecule has 8 heteroatoms. The highest BCUT2D eigenvalue weighted by Crippen LogP contribution is 2.46. The summed E-state index contributed by atoms with van der Waals surface area (Å²) in [7, 11) is 0. The molecule has 0 spiro atoms. The van der Waals surface area contributed by atoms with Crippen LogP contribution in [-0.4, -0.2) is 14.2 Å². The van der Waals surface area contributed by atoms with Crippen molar-refractivity contribution in [2.45, 2.75) is 13.9 Å². The maximum Gasteiger partial charge on any atom is 0.320 e. The van der Waals surface area contributed by atoms with Crippen molar-refractivity contribution in [3.05, 3.63) is 24.0 Å². The van der Waals surface area contributed by atoms with Crippen molar-refractivity contribution in [2.75, 3.05) is 0 Å². The number of aliphatic imine (C=N–C) groups is 1. The molecular weight excluding hydrogens is 403 g/mol. The van der Waals surface area contributed by atoms with Gasteiger partial charge in [0.25, 0.3) is 0 Å². The second-order valence-corrected chi connectivity index (χ2v) is 7.21. The van der Waals surface area contributed by atoms with Gasteiger partial charge in [-0.05, 0) is 42.2 Å². The van der Waals surface area contributed by atoms with Crippen LogP contribution in [0.1, 0.15) is 0 Å². The van der Waals surface area contributed by atoms with Crippen LogP contribution in [0.3, 0.4) is 0 Å². The largest absolute Gasteiger partial charge is 0.320 e. The van der Waals surface area contributed by atoms with Gasteiger partial charge < -0.3 is 0 Å². The molecule has 0 saturated carbocycles. The molecule has 0 fully saturated rings. The predicted octanol–water partition coefficient (Wildman–Crippen LogP) is 5.36. The van der Waals surface area contributed by atoms with E-state index in [4.69, 9.17) is 0 Å². The second kappa shape index (κ2) is 6.33. The van der Waals surface area contributed by atoms with E-state index in [2.05, 4.69) is 54.2 Å². The molecule has 92 valence electrons. The Morgan fingerprint density at radius 3 is 2.59 bits per heavy atom. The average Bonchev–Trinajstić information content (AvgIpc) is 2.21. The lowest BCUT2D eigenvalue weighted by Crippen LogP contribution is -2.18. The third-order valence-corrected chi connectivity index (χ3v) is 4.49. The Morgan fingerprint density at radius 2 is 2.06 bits per heavy atom. The van der Waals surface area contributed by atoms with Crippen molar-refractivity contribution in [3.63, 3.8) is 0 Å². The topological polar surface area (TPSA) is 12.4 Å². The maximum absolute atomic E-state index is 13.4. The van der Waals surface area contributed by atoms with Gasteiger partial charge in [-0.15, -0.1) is 0 Å². The Hall–Kier alpha value is 0.120. The van der Waals surface area contributed by atoms with Gasteiger partial charge in [0.05, 0.1) is 10.8 Å². The van der Waals surface area contributed by atoms with E-state index in [1.807, 2.05) is 0 Å². The Bertz CT molecular complexity index is 462. The fraction of sp³-hybridized carbons (Fsp3) is 0.222. The van der Waals surface area contributed by atoms with Crippen molar-refractivity contribution < 1.29 is 13.2 Å². The minimum atomic E-state index is -3.15. The summed E-state index contributed by atoms with van der Waals surface area (Å²) in [4.78, 5) is 3.60. The molecule has 0 amide bonds. The summed E-state index contributed by atoms with van der Waals surface area (Å²) in [5.74, 6) is -0.618. The third-order valence-electron chi connectivity index (χ3n) is 1.59. The van der Waals surface area contributed by atoms with Crippen molar-refractivity contribution >= 4 is 66.7 Å². The van der Waals surface area contributed by atoms with Gasteiger partial charge in [-0.25, -0.2) is 4.39 Å².